The number of benzene rings is 1. The van der Waals surface area contributed by atoms with Crippen LogP contribution in [0.5, 0.6) is 5.75 Å². The highest BCUT2D eigenvalue weighted by Crippen LogP contribution is 2.37. The predicted molar refractivity (Wildman–Crippen MR) is 142 cm³/mol. The number of nitrogens with zero attached hydrogens (tertiary/aromatic N) is 5. The van der Waals surface area contributed by atoms with Crippen molar-refractivity contribution in [3.05, 3.63) is 63.2 Å². The number of hydrogen-bond donors (Lipinski definition) is 2. The second kappa shape index (κ2) is 10.6. The summed E-state index contributed by atoms with van der Waals surface area (Å²) >= 11 is 0. The monoisotopic (exact) mass is 523 g/mol. The molecular weight excluding hydrogens is 490 g/mol. The molecule has 38 heavy (non-hydrogen) atoms. The predicted octanol–water partition coefficient (Wildman–Crippen LogP) is 4.21. The van der Waals surface area contributed by atoms with Crippen molar-refractivity contribution in [1.82, 2.24) is 25.3 Å². The molecule has 2 aromatic heterocycles. The van der Waals surface area contributed by atoms with E-state index in [-0.39, 0.29) is 34.0 Å². The molecule has 0 saturated carbocycles. The van der Waals surface area contributed by atoms with Gasteiger partial charge in [0.1, 0.15) is 0 Å². The lowest BCUT2D eigenvalue weighted by Crippen LogP contribution is -2.32. The minimum Gasteiger partial charge on any atom is -0.490 e. The summed E-state index contributed by atoms with van der Waals surface area (Å²) in [5, 5.41) is 25.3. The number of ether oxygens (including phenoxy) is 1. The first-order valence-corrected chi connectivity index (χ1v) is 12.0. The van der Waals surface area contributed by atoms with Crippen LogP contribution in [-0.4, -0.2) is 50.4 Å². The average molecular weight is 524 g/mol. The van der Waals surface area contributed by atoms with Gasteiger partial charge in [-0.3, -0.25) is 24.7 Å². The van der Waals surface area contributed by atoms with Crippen molar-refractivity contribution >= 4 is 23.2 Å². The molecule has 202 valence electrons. The molecule has 0 radical (unpaired) electrons. The molecule has 3 rings (SSSR count). The first-order chi connectivity index (χ1) is 17.6. The molecule has 0 bridgehead atoms. The van der Waals surface area contributed by atoms with Crippen LogP contribution < -0.4 is 15.4 Å². The maximum absolute atomic E-state index is 13.3. The van der Waals surface area contributed by atoms with Gasteiger partial charge in [-0.25, -0.2) is 4.68 Å². The number of anilines is 1. The van der Waals surface area contributed by atoms with E-state index in [0.717, 1.165) is 0 Å². The number of hydrogen-bond acceptors (Lipinski definition) is 8. The number of amides is 2. The van der Waals surface area contributed by atoms with E-state index in [1.807, 2.05) is 41.5 Å². The third-order valence-corrected chi connectivity index (χ3v) is 5.65. The maximum Gasteiger partial charge on any atom is 0.312 e. The fourth-order valence-electron chi connectivity index (χ4n) is 3.51. The number of nitro groups is 1. The normalized spacial score (nSPS) is 11.7. The Balaban J connectivity index is 1.93. The molecule has 1 aromatic carbocycles. The highest BCUT2D eigenvalue weighted by atomic mass is 16.6. The summed E-state index contributed by atoms with van der Waals surface area (Å²) in [5.74, 6) is -1.09. The number of rotatable bonds is 7. The Morgan fingerprint density at radius 1 is 1.11 bits per heavy atom. The van der Waals surface area contributed by atoms with Gasteiger partial charge in [-0.15, -0.1) is 5.10 Å². The number of nitrogens with one attached hydrogen (secondary N) is 2. The number of methoxy groups -OCH3 is 1. The minimum absolute atomic E-state index is 0.0207. The summed E-state index contributed by atoms with van der Waals surface area (Å²) in [4.78, 5) is 41.2. The van der Waals surface area contributed by atoms with Gasteiger partial charge in [-0.05, 0) is 35.4 Å². The molecule has 0 aliphatic rings. The Kier molecular flexibility index (Phi) is 7.84. The second-order valence-electron chi connectivity index (χ2n) is 11.2. The maximum atomic E-state index is 13.3. The fourth-order valence-corrected chi connectivity index (χ4v) is 3.51. The average Bonchev–Trinajstić information content (AvgIpc) is 3.31. The topological polar surface area (TPSA) is 154 Å². The van der Waals surface area contributed by atoms with Crippen molar-refractivity contribution in [3.63, 3.8) is 0 Å². The van der Waals surface area contributed by atoms with Gasteiger partial charge in [-0.2, -0.15) is 0 Å². The lowest BCUT2D eigenvalue weighted by Gasteiger charge is -2.21. The SMILES string of the molecule is COc1c(C(=O)Nc2cnc(C)c(-n3cc(C(=O)NCC(C)(C)C)nn3)c2)cc(C(C)(C)C)cc1[N+](=O)[O-]. The molecule has 2 N–H and O–H groups in total. The molecule has 12 nitrogen and oxygen atoms in total. The number of pyridine rings is 1. The molecule has 0 aliphatic carbocycles. The van der Waals surface area contributed by atoms with Gasteiger partial charge in [-0.1, -0.05) is 46.8 Å². The Hall–Kier alpha value is -4.35. The van der Waals surface area contributed by atoms with Crippen molar-refractivity contribution in [2.24, 2.45) is 5.41 Å². The fraction of sp³-hybridized carbons (Fsp3) is 0.423. The quantitative estimate of drug-likeness (QED) is 0.345. The van der Waals surface area contributed by atoms with Gasteiger partial charge >= 0.3 is 5.69 Å². The summed E-state index contributed by atoms with van der Waals surface area (Å²) < 4.78 is 6.66. The van der Waals surface area contributed by atoms with Crippen molar-refractivity contribution in [2.75, 3.05) is 19.0 Å². The van der Waals surface area contributed by atoms with Crippen LogP contribution >= 0.6 is 0 Å². The summed E-state index contributed by atoms with van der Waals surface area (Å²) in [6, 6.07) is 4.63. The second-order valence-corrected chi connectivity index (χ2v) is 11.2. The van der Waals surface area contributed by atoms with Gasteiger partial charge in [0.2, 0.25) is 5.75 Å². The number of carbonyl (C=O) groups excluding carboxylic acids is 2. The molecule has 0 fully saturated rings. The summed E-state index contributed by atoms with van der Waals surface area (Å²) in [5.41, 5.74) is 1.32. The van der Waals surface area contributed by atoms with Crippen molar-refractivity contribution in [2.45, 2.75) is 53.9 Å². The number of carbonyl (C=O) groups is 2. The molecule has 12 heteroatoms. The summed E-state index contributed by atoms with van der Waals surface area (Å²) in [6.07, 6.45) is 2.94. The molecule has 3 aromatic rings. The number of nitro benzene ring substituents is 1. The van der Waals surface area contributed by atoms with Crippen molar-refractivity contribution < 1.29 is 19.2 Å². The number of aromatic nitrogens is 4. The Morgan fingerprint density at radius 3 is 2.37 bits per heavy atom. The zero-order chi connectivity index (χ0) is 28.4. The molecule has 0 unspecified atom stereocenters. The van der Waals surface area contributed by atoms with E-state index in [1.165, 1.54) is 30.3 Å². The van der Waals surface area contributed by atoms with E-state index in [9.17, 15) is 19.7 Å². The van der Waals surface area contributed by atoms with E-state index in [0.29, 0.717) is 29.2 Å². The van der Waals surface area contributed by atoms with Crippen molar-refractivity contribution in [1.29, 1.82) is 0 Å². The zero-order valence-corrected chi connectivity index (χ0v) is 22.9. The van der Waals surface area contributed by atoms with E-state index in [4.69, 9.17) is 4.74 Å². The van der Waals surface area contributed by atoms with Gasteiger partial charge in [0.05, 0.1) is 47.1 Å². The van der Waals surface area contributed by atoms with E-state index in [2.05, 4.69) is 25.9 Å². The van der Waals surface area contributed by atoms with Crippen LogP contribution in [0.4, 0.5) is 11.4 Å². The molecule has 0 saturated heterocycles. The van der Waals surface area contributed by atoms with Crippen molar-refractivity contribution in [3.8, 4) is 11.4 Å². The zero-order valence-electron chi connectivity index (χ0n) is 22.9. The highest BCUT2D eigenvalue weighted by molar-refractivity contribution is 6.07. The molecule has 0 atom stereocenters. The first kappa shape index (κ1) is 28.2. The lowest BCUT2D eigenvalue weighted by molar-refractivity contribution is -0.385. The van der Waals surface area contributed by atoms with Crippen LogP contribution in [0.15, 0.2) is 30.6 Å². The highest BCUT2D eigenvalue weighted by Gasteiger charge is 2.28. The van der Waals surface area contributed by atoms with E-state index >= 15 is 0 Å². The third-order valence-electron chi connectivity index (χ3n) is 5.65. The lowest BCUT2D eigenvalue weighted by atomic mass is 9.85. The van der Waals surface area contributed by atoms with E-state index in [1.54, 1.807) is 19.1 Å². The molecular formula is C26H33N7O5. The Morgan fingerprint density at radius 2 is 1.79 bits per heavy atom. The van der Waals surface area contributed by atoms with Gasteiger partial charge in [0, 0.05) is 12.6 Å². The van der Waals surface area contributed by atoms with Crippen LogP contribution in [0.25, 0.3) is 5.69 Å². The smallest absolute Gasteiger partial charge is 0.312 e. The number of aryl methyl sites for hydroxylation is 1. The Bertz CT molecular complexity index is 1380. The van der Waals surface area contributed by atoms with Crippen LogP contribution in [0.3, 0.4) is 0 Å². The van der Waals surface area contributed by atoms with Gasteiger partial charge < -0.3 is 15.4 Å². The van der Waals surface area contributed by atoms with E-state index < -0.39 is 16.2 Å². The first-order valence-electron chi connectivity index (χ1n) is 12.0. The summed E-state index contributed by atoms with van der Waals surface area (Å²) in [6.45, 7) is 13.9. The third kappa shape index (κ3) is 6.50. The van der Waals surface area contributed by atoms with Crippen LogP contribution in [0.1, 0.15) is 73.6 Å². The largest absolute Gasteiger partial charge is 0.490 e. The van der Waals surface area contributed by atoms with Crippen LogP contribution in [0, 0.1) is 22.5 Å². The molecule has 2 amide bonds. The van der Waals surface area contributed by atoms with Gasteiger partial charge in [0.15, 0.2) is 5.69 Å². The van der Waals surface area contributed by atoms with Crippen LogP contribution in [-0.2, 0) is 5.41 Å². The van der Waals surface area contributed by atoms with Crippen LogP contribution in [0.2, 0.25) is 0 Å². The minimum atomic E-state index is -0.603. The standard InChI is InChI=1S/C26H33N7O5/c1-15-20(32-13-19(30-31-32)24(35)28-14-25(2,3)4)11-17(12-27-15)29-23(34)18-9-16(26(5,6)7)10-21(33(36)37)22(18)38-8/h9-13H,14H2,1-8H3,(H,28,35)(H,29,34). The molecule has 0 spiro atoms. The van der Waals surface area contributed by atoms with Gasteiger partial charge in [0.25, 0.3) is 11.8 Å². The summed E-state index contributed by atoms with van der Waals surface area (Å²) in [7, 11) is 1.28. The molecule has 2 heterocycles. The molecule has 0 aliphatic heterocycles. The Labute approximate surface area is 220 Å².